The van der Waals surface area contributed by atoms with E-state index in [0.29, 0.717) is 17.4 Å². The monoisotopic (exact) mass is 220 g/mol. The summed E-state index contributed by atoms with van der Waals surface area (Å²) in [6.45, 7) is 12.0. The second-order valence-corrected chi connectivity index (χ2v) is 5.78. The maximum absolute atomic E-state index is 11.5. The number of esters is 1. The lowest BCUT2D eigenvalue weighted by atomic mass is 9.48. The minimum absolute atomic E-state index is 0.0517. The predicted octanol–water partition coefficient (Wildman–Crippen LogP) is 3.10. The Labute approximate surface area is 97.4 Å². The van der Waals surface area contributed by atoms with Gasteiger partial charge >= 0.3 is 5.97 Å². The highest BCUT2D eigenvalue weighted by atomic mass is 16.5. The largest absolute Gasteiger partial charge is 0.454 e. The Morgan fingerprint density at radius 1 is 1.56 bits per heavy atom. The Morgan fingerprint density at radius 3 is 2.62 bits per heavy atom. The molecule has 1 saturated carbocycles. The van der Waals surface area contributed by atoms with Crippen molar-refractivity contribution >= 4 is 5.97 Å². The topological polar surface area (TPSA) is 26.3 Å². The first-order valence-electron chi connectivity index (χ1n) is 5.89. The van der Waals surface area contributed by atoms with E-state index in [4.69, 9.17) is 4.74 Å². The van der Waals surface area contributed by atoms with Crippen LogP contribution < -0.4 is 0 Å². The van der Waals surface area contributed by atoms with Crippen LogP contribution in [-0.2, 0) is 9.53 Å². The van der Waals surface area contributed by atoms with Crippen LogP contribution in [-0.4, -0.2) is 12.1 Å². The first kappa shape index (κ1) is 11.4. The standard InChI is InChI=1S/C14H20O2/c1-8(2)13(15)16-12-6-9(3)10-7-11(12)14(10,4)5/h6,10-12H,1,7H2,2-5H3. The van der Waals surface area contributed by atoms with Gasteiger partial charge < -0.3 is 4.74 Å². The zero-order chi connectivity index (χ0) is 12.1. The smallest absolute Gasteiger partial charge is 0.333 e. The van der Waals surface area contributed by atoms with E-state index >= 15 is 0 Å². The summed E-state index contributed by atoms with van der Waals surface area (Å²) >= 11 is 0. The molecule has 0 aromatic carbocycles. The van der Waals surface area contributed by atoms with Gasteiger partial charge in [-0.15, -0.1) is 0 Å². The van der Waals surface area contributed by atoms with Gasteiger partial charge in [-0.3, -0.25) is 0 Å². The van der Waals surface area contributed by atoms with Gasteiger partial charge in [0.25, 0.3) is 0 Å². The highest BCUT2D eigenvalue weighted by Crippen LogP contribution is 2.59. The van der Waals surface area contributed by atoms with Crippen molar-refractivity contribution in [1.82, 2.24) is 0 Å². The van der Waals surface area contributed by atoms with Crippen molar-refractivity contribution in [3.05, 3.63) is 23.8 Å². The van der Waals surface area contributed by atoms with Crippen molar-refractivity contribution < 1.29 is 9.53 Å². The maximum atomic E-state index is 11.5. The number of fused-ring (bicyclic) bond motifs is 1. The highest BCUT2D eigenvalue weighted by molar-refractivity contribution is 5.87. The van der Waals surface area contributed by atoms with Crippen LogP contribution in [0.15, 0.2) is 23.8 Å². The van der Waals surface area contributed by atoms with Crippen LogP contribution in [0, 0.1) is 17.3 Å². The molecule has 0 aromatic heterocycles. The van der Waals surface area contributed by atoms with Crippen LogP contribution in [0.25, 0.3) is 0 Å². The molecule has 0 radical (unpaired) electrons. The maximum Gasteiger partial charge on any atom is 0.333 e. The summed E-state index contributed by atoms with van der Waals surface area (Å²) in [4.78, 5) is 11.5. The molecule has 2 heteroatoms. The summed E-state index contributed by atoms with van der Waals surface area (Å²) in [6.07, 6.45) is 3.22. The molecule has 2 nitrogen and oxygen atoms in total. The van der Waals surface area contributed by atoms with Gasteiger partial charge in [-0.05, 0) is 37.7 Å². The zero-order valence-corrected chi connectivity index (χ0v) is 10.5. The minimum Gasteiger partial charge on any atom is -0.454 e. The molecule has 0 N–H and O–H groups in total. The third kappa shape index (κ3) is 1.51. The summed E-state index contributed by atoms with van der Waals surface area (Å²) in [7, 11) is 0. The third-order valence-corrected chi connectivity index (χ3v) is 4.31. The quantitative estimate of drug-likeness (QED) is 0.406. The molecular weight excluding hydrogens is 200 g/mol. The van der Waals surface area contributed by atoms with Crippen LogP contribution in [0.3, 0.4) is 0 Å². The van der Waals surface area contributed by atoms with E-state index < -0.39 is 0 Å². The van der Waals surface area contributed by atoms with Crippen molar-refractivity contribution in [2.75, 3.05) is 0 Å². The van der Waals surface area contributed by atoms with Gasteiger partial charge in [-0.25, -0.2) is 4.79 Å². The van der Waals surface area contributed by atoms with Gasteiger partial charge in [0.05, 0.1) is 0 Å². The normalized spacial score (nSPS) is 34.8. The predicted molar refractivity (Wildman–Crippen MR) is 63.8 cm³/mol. The SMILES string of the molecule is C=C(C)C(=O)OC1C=C(C)C2CC1C2(C)C. The van der Waals surface area contributed by atoms with Gasteiger partial charge in [0.15, 0.2) is 0 Å². The molecule has 3 rings (SSSR count). The summed E-state index contributed by atoms with van der Waals surface area (Å²) in [5.74, 6) is 0.886. The Kier molecular flexibility index (Phi) is 2.48. The number of carbonyl (C=O) groups is 1. The molecule has 0 aliphatic heterocycles. The van der Waals surface area contributed by atoms with E-state index in [2.05, 4.69) is 33.4 Å². The van der Waals surface area contributed by atoms with Crippen molar-refractivity contribution in [2.24, 2.45) is 17.3 Å². The average Bonchev–Trinajstić information content (AvgIpc) is 2.15. The van der Waals surface area contributed by atoms with Gasteiger partial charge in [-0.2, -0.15) is 0 Å². The number of ether oxygens (including phenoxy) is 1. The van der Waals surface area contributed by atoms with Crippen LogP contribution in [0.2, 0.25) is 0 Å². The van der Waals surface area contributed by atoms with Gasteiger partial charge in [0, 0.05) is 11.5 Å². The molecule has 16 heavy (non-hydrogen) atoms. The number of carbonyl (C=O) groups excluding carboxylic acids is 1. The molecule has 0 heterocycles. The lowest BCUT2D eigenvalue weighted by molar-refractivity contribution is -0.156. The first-order chi connectivity index (χ1) is 7.34. The zero-order valence-electron chi connectivity index (χ0n) is 10.5. The molecule has 3 aliphatic carbocycles. The molecule has 2 bridgehead atoms. The van der Waals surface area contributed by atoms with E-state index in [1.165, 1.54) is 5.57 Å². The Hall–Kier alpha value is -1.05. The molecule has 0 amide bonds. The summed E-state index contributed by atoms with van der Waals surface area (Å²) in [5, 5.41) is 0. The molecule has 3 unspecified atom stereocenters. The number of hydrogen-bond donors (Lipinski definition) is 0. The molecule has 1 fully saturated rings. The van der Waals surface area contributed by atoms with Crippen LogP contribution in [0.4, 0.5) is 0 Å². The van der Waals surface area contributed by atoms with Gasteiger partial charge in [0.2, 0.25) is 0 Å². The van der Waals surface area contributed by atoms with Gasteiger partial charge in [-0.1, -0.05) is 26.0 Å². The van der Waals surface area contributed by atoms with E-state index in [0.717, 1.165) is 6.42 Å². The van der Waals surface area contributed by atoms with Crippen molar-refractivity contribution in [3.63, 3.8) is 0 Å². The van der Waals surface area contributed by atoms with E-state index in [1.54, 1.807) is 6.92 Å². The highest BCUT2D eigenvalue weighted by Gasteiger charge is 2.55. The fraction of sp³-hybridized carbons (Fsp3) is 0.643. The first-order valence-corrected chi connectivity index (χ1v) is 5.89. The molecular formula is C14H20O2. The summed E-state index contributed by atoms with van der Waals surface area (Å²) in [5.41, 5.74) is 2.12. The van der Waals surface area contributed by atoms with Crippen LogP contribution in [0.5, 0.6) is 0 Å². The molecule has 3 aliphatic rings. The van der Waals surface area contributed by atoms with Crippen molar-refractivity contribution in [3.8, 4) is 0 Å². The summed E-state index contributed by atoms with van der Waals surface area (Å²) in [6, 6.07) is 0. The molecule has 0 spiro atoms. The molecule has 88 valence electrons. The van der Waals surface area contributed by atoms with Crippen LogP contribution in [0.1, 0.15) is 34.1 Å². The van der Waals surface area contributed by atoms with Crippen molar-refractivity contribution in [2.45, 2.75) is 40.2 Å². The van der Waals surface area contributed by atoms with Gasteiger partial charge in [0.1, 0.15) is 6.10 Å². The second-order valence-electron chi connectivity index (χ2n) is 5.78. The Morgan fingerprint density at radius 2 is 2.19 bits per heavy atom. The molecule has 3 atom stereocenters. The molecule has 0 aromatic rings. The minimum atomic E-state index is -0.268. The lowest BCUT2D eigenvalue weighted by Gasteiger charge is -2.58. The third-order valence-electron chi connectivity index (χ3n) is 4.31. The number of hydrogen-bond acceptors (Lipinski definition) is 2. The number of allylic oxidation sites excluding steroid dienone is 1. The second kappa shape index (κ2) is 3.47. The van der Waals surface area contributed by atoms with E-state index in [1.807, 2.05) is 0 Å². The van der Waals surface area contributed by atoms with E-state index in [-0.39, 0.29) is 17.5 Å². The summed E-state index contributed by atoms with van der Waals surface area (Å²) < 4.78 is 5.49. The van der Waals surface area contributed by atoms with E-state index in [9.17, 15) is 4.79 Å². The fourth-order valence-corrected chi connectivity index (χ4v) is 3.12. The number of rotatable bonds is 2. The molecule has 0 saturated heterocycles. The van der Waals surface area contributed by atoms with Crippen molar-refractivity contribution in [1.29, 1.82) is 0 Å². The lowest BCUT2D eigenvalue weighted by Crippen LogP contribution is -2.54. The Bertz CT molecular complexity index is 376. The fourth-order valence-electron chi connectivity index (χ4n) is 3.12. The van der Waals surface area contributed by atoms with Crippen LogP contribution >= 0.6 is 0 Å². The average molecular weight is 220 g/mol. The Balaban J connectivity index is 2.15.